The minimum atomic E-state index is -0.796. The van der Waals surface area contributed by atoms with Crippen molar-refractivity contribution in [1.29, 1.82) is 0 Å². The van der Waals surface area contributed by atoms with Gasteiger partial charge in [-0.25, -0.2) is 4.39 Å². The summed E-state index contributed by atoms with van der Waals surface area (Å²) in [6, 6.07) is 0.461. The van der Waals surface area contributed by atoms with Crippen LogP contribution in [0.4, 0.5) is 4.39 Å². The summed E-state index contributed by atoms with van der Waals surface area (Å²) in [5, 5.41) is 7.09. The maximum atomic E-state index is 15.8. The standard InChI is InChI=1S/C29H49FN4O3/c1-20-11-12-25(30)29(21-7-4-3-5-8-21)18-24(32-27(20)29)28(36)31-22-9-6-10-23(17-22)33-13-15-34(16-14-33)26(35)19-37-2/h20-25,27,32H,3-19H2,1-2H3,(H,31,36)/t20?,22-,23+,24?,25?,27?,29?/m1/s1. The summed E-state index contributed by atoms with van der Waals surface area (Å²) < 4.78 is 20.8. The molecule has 0 aromatic heterocycles. The zero-order chi connectivity index (χ0) is 26.0. The van der Waals surface area contributed by atoms with Gasteiger partial charge in [-0.05, 0) is 69.6 Å². The number of piperazine rings is 1. The molecule has 7 atom stereocenters. The second-order valence-corrected chi connectivity index (χ2v) is 12.7. The van der Waals surface area contributed by atoms with Crippen molar-refractivity contribution < 1.29 is 18.7 Å². The summed E-state index contributed by atoms with van der Waals surface area (Å²) in [5.41, 5.74) is -0.366. The van der Waals surface area contributed by atoms with Gasteiger partial charge in [-0.15, -0.1) is 0 Å². The maximum absolute atomic E-state index is 15.8. The van der Waals surface area contributed by atoms with Crippen LogP contribution in [0.2, 0.25) is 0 Å². The van der Waals surface area contributed by atoms with Crippen molar-refractivity contribution in [3.8, 4) is 0 Å². The van der Waals surface area contributed by atoms with Gasteiger partial charge >= 0.3 is 0 Å². The number of halogens is 1. The number of methoxy groups -OCH3 is 1. The van der Waals surface area contributed by atoms with E-state index in [-0.39, 0.29) is 42.0 Å². The van der Waals surface area contributed by atoms with Crippen LogP contribution in [0.5, 0.6) is 0 Å². The van der Waals surface area contributed by atoms with Crippen molar-refractivity contribution in [1.82, 2.24) is 20.4 Å². The van der Waals surface area contributed by atoms with E-state index in [2.05, 4.69) is 22.5 Å². The summed E-state index contributed by atoms with van der Waals surface area (Å²) in [6.07, 6.45) is 11.6. The number of nitrogens with one attached hydrogen (secondary N) is 2. The zero-order valence-electron chi connectivity index (χ0n) is 23.1. The zero-order valence-corrected chi connectivity index (χ0v) is 23.1. The SMILES string of the molecule is COCC(=O)N1CCN([C@H]2CCC[C@@H](NC(=O)C3CC4(C5CCCCC5)C(F)CCC(C)C4N3)C2)CC1. The molecule has 2 saturated heterocycles. The predicted octanol–water partition coefficient (Wildman–Crippen LogP) is 3.27. The predicted molar refractivity (Wildman–Crippen MR) is 142 cm³/mol. The molecule has 0 radical (unpaired) electrons. The van der Waals surface area contributed by atoms with E-state index in [0.29, 0.717) is 30.7 Å². The lowest BCUT2D eigenvalue weighted by Gasteiger charge is -2.51. The average Bonchev–Trinajstić information content (AvgIpc) is 3.35. The number of carbonyl (C=O) groups is 2. The van der Waals surface area contributed by atoms with E-state index in [4.69, 9.17) is 4.74 Å². The normalized spacial score (nSPS) is 39.8. The van der Waals surface area contributed by atoms with Crippen LogP contribution in [0, 0.1) is 17.3 Å². The molecule has 7 nitrogen and oxygen atoms in total. The van der Waals surface area contributed by atoms with Crippen LogP contribution >= 0.6 is 0 Å². The quantitative estimate of drug-likeness (QED) is 0.563. The van der Waals surface area contributed by atoms with Crippen LogP contribution in [-0.2, 0) is 14.3 Å². The van der Waals surface area contributed by atoms with Crippen LogP contribution < -0.4 is 10.6 Å². The molecule has 8 heteroatoms. The third kappa shape index (κ3) is 5.58. The van der Waals surface area contributed by atoms with Crippen LogP contribution in [0.25, 0.3) is 0 Å². The fourth-order valence-corrected chi connectivity index (χ4v) is 8.74. The summed E-state index contributed by atoms with van der Waals surface area (Å²) >= 11 is 0. The van der Waals surface area contributed by atoms with Gasteiger partial charge in [-0.3, -0.25) is 14.5 Å². The molecule has 37 heavy (non-hydrogen) atoms. The number of fused-ring (bicyclic) bond motifs is 1. The van der Waals surface area contributed by atoms with Gasteiger partial charge < -0.3 is 20.3 Å². The highest BCUT2D eigenvalue weighted by Gasteiger charge is 2.60. The number of rotatable bonds is 6. The Labute approximate surface area is 222 Å². The second kappa shape index (κ2) is 11.9. The van der Waals surface area contributed by atoms with Crippen LogP contribution in [-0.4, -0.2) is 91.8 Å². The van der Waals surface area contributed by atoms with Crippen molar-refractivity contribution in [2.45, 2.75) is 114 Å². The Morgan fingerprint density at radius 1 is 1.00 bits per heavy atom. The third-order valence-electron chi connectivity index (χ3n) is 10.7. The van der Waals surface area contributed by atoms with Crippen LogP contribution in [0.3, 0.4) is 0 Å². The molecular formula is C29H49FN4O3. The molecule has 2 heterocycles. The minimum Gasteiger partial charge on any atom is -0.375 e. The van der Waals surface area contributed by atoms with Crippen molar-refractivity contribution in [2.75, 3.05) is 39.9 Å². The summed E-state index contributed by atoms with van der Waals surface area (Å²) in [7, 11) is 1.56. The summed E-state index contributed by atoms with van der Waals surface area (Å²) in [5.74, 6) is 0.976. The number of hydrogen-bond donors (Lipinski definition) is 2. The Bertz CT molecular complexity index is 800. The van der Waals surface area contributed by atoms with E-state index >= 15 is 4.39 Å². The molecule has 2 aliphatic heterocycles. The van der Waals surface area contributed by atoms with Crippen molar-refractivity contribution in [3.05, 3.63) is 0 Å². The molecule has 5 aliphatic rings. The fraction of sp³-hybridized carbons (Fsp3) is 0.931. The highest BCUT2D eigenvalue weighted by atomic mass is 19.1. The highest BCUT2D eigenvalue weighted by molar-refractivity contribution is 5.82. The smallest absolute Gasteiger partial charge is 0.248 e. The van der Waals surface area contributed by atoms with Gasteiger partial charge in [0.15, 0.2) is 0 Å². The Morgan fingerprint density at radius 3 is 2.49 bits per heavy atom. The fourth-order valence-electron chi connectivity index (χ4n) is 8.74. The Morgan fingerprint density at radius 2 is 1.76 bits per heavy atom. The topological polar surface area (TPSA) is 73.9 Å². The minimum absolute atomic E-state index is 0.0661. The summed E-state index contributed by atoms with van der Waals surface area (Å²) in [4.78, 5) is 30.1. The number of nitrogens with zero attached hydrogens (tertiary/aromatic N) is 2. The number of hydrogen-bond acceptors (Lipinski definition) is 5. The Kier molecular flexibility index (Phi) is 8.76. The molecular weight excluding hydrogens is 471 g/mol. The maximum Gasteiger partial charge on any atom is 0.248 e. The molecule has 0 bridgehead atoms. The molecule has 3 aliphatic carbocycles. The molecule has 2 N–H and O–H groups in total. The van der Waals surface area contributed by atoms with E-state index in [1.807, 2.05) is 4.90 Å². The van der Waals surface area contributed by atoms with Crippen LogP contribution in [0.15, 0.2) is 0 Å². The van der Waals surface area contributed by atoms with Gasteiger partial charge in [0.1, 0.15) is 12.8 Å². The number of carbonyl (C=O) groups excluding carboxylic acids is 2. The molecule has 5 fully saturated rings. The highest BCUT2D eigenvalue weighted by Crippen LogP contribution is 2.56. The number of ether oxygens (including phenoxy) is 1. The van der Waals surface area contributed by atoms with E-state index in [1.54, 1.807) is 7.11 Å². The monoisotopic (exact) mass is 520 g/mol. The molecule has 5 rings (SSSR count). The van der Waals surface area contributed by atoms with E-state index in [0.717, 1.165) is 71.1 Å². The lowest BCUT2D eigenvalue weighted by Crippen LogP contribution is -2.56. The number of alkyl halides is 1. The van der Waals surface area contributed by atoms with Gasteiger partial charge in [0.25, 0.3) is 0 Å². The van der Waals surface area contributed by atoms with Crippen LogP contribution in [0.1, 0.15) is 84.0 Å². The van der Waals surface area contributed by atoms with Gasteiger partial charge in [-0.1, -0.05) is 26.2 Å². The Balaban J connectivity index is 1.18. The first kappa shape index (κ1) is 27.3. The molecule has 210 valence electrons. The lowest BCUT2D eigenvalue weighted by molar-refractivity contribution is -0.137. The molecule has 3 saturated carbocycles. The van der Waals surface area contributed by atoms with Gasteiger partial charge in [0, 0.05) is 56.8 Å². The Hall–Kier alpha value is -1.25. The third-order valence-corrected chi connectivity index (χ3v) is 10.7. The van der Waals surface area contributed by atoms with Gasteiger partial charge in [0.2, 0.25) is 11.8 Å². The first-order chi connectivity index (χ1) is 17.9. The molecule has 0 aromatic rings. The first-order valence-corrected chi connectivity index (χ1v) is 15.1. The van der Waals surface area contributed by atoms with Gasteiger partial charge in [-0.2, -0.15) is 0 Å². The van der Waals surface area contributed by atoms with Crippen molar-refractivity contribution in [2.24, 2.45) is 17.3 Å². The number of amides is 2. The van der Waals surface area contributed by atoms with Crippen molar-refractivity contribution in [3.63, 3.8) is 0 Å². The van der Waals surface area contributed by atoms with E-state index < -0.39 is 6.17 Å². The molecule has 5 unspecified atom stereocenters. The van der Waals surface area contributed by atoms with E-state index in [9.17, 15) is 9.59 Å². The van der Waals surface area contributed by atoms with Gasteiger partial charge in [0.05, 0.1) is 6.04 Å². The largest absolute Gasteiger partial charge is 0.375 e. The van der Waals surface area contributed by atoms with E-state index in [1.165, 1.54) is 19.3 Å². The molecule has 0 spiro atoms. The summed E-state index contributed by atoms with van der Waals surface area (Å²) in [6.45, 7) is 5.66. The average molecular weight is 521 g/mol. The lowest BCUT2D eigenvalue weighted by atomic mass is 9.56. The first-order valence-electron chi connectivity index (χ1n) is 15.1. The second-order valence-electron chi connectivity index (χ2n) is 12.7. The van der Waals surface area contributed by atoms with Crippen molar-refractivity contribution >= 4 is 11.8 Å². The molecule has 0 aromatic carbocycles. The molecule has 2 amide bonds.